The highest BCUT2D eigenvalue weighted by molar-refractivity contribution is 5.77. The van der Waals surface area contributed by atoms with Crippen molar-refractivity contribution >= 4 is 18.3 Å². The molecule has 3 fully saturated rings. The summed E-state index contributed by atoms with van der Waals surface area (Å²) in [6, 6.07) is -0.0218. The smallest absolute Gasteiger partial charge is 0.407 e. The summed E-state index contributed by atoms with van der Waals surface area (Å²) < 4.78 is 10.5. The van der Waals surface area contributed by atoms with Crippen LogP contribution in [0.25, 0.3) is 0 Å². The number of nitrogens with one attached hydrogen (secondary N) is 1. The normalized spacial score (nSPS) is 41.9. The maximum absolute atomic E-state index is 12.3. The summed E-state index contributed by atoms with van der Waals surface area (Å²) in [5.74, 6) is -0.0794. The van der Waals surface area contributed by atoms with Gasteiger partial charge < -0.3 is 19.6 Å². The molecule has 3 rings (SSSR count). The number of aldehydes is 1. The van der Waals surface area contributed by atoms with Gasteiger partial charge >= 0.3 is 12.1 Å². The Bertz CT molecular complexity index is 560. The Morgan fingerprint density at radius 1 is 1.40 bits per heavy atom. The molecule has 1 amide bonds. The zero-order chi connectivity index (χ0) is 18.4. The second-order valence-electron chi connectivity index (χ2n) is 8.36. The Morgan fingerprint density at radius 2 is 2.12 bits per heavy atom. The molecule has 7 atom stereocenters. The summed E-state index contributed by atoms with van der Waals surface area (Å²) in [5.41, 5.74) is -0.214. The van der Waals surface area contributed by atoms with Crippen LogP contribution in [-0.2, 0) is 19.1 Å². The summed E-state index contributed by atoms with van der Waals surface area (Å²) in [7, 11) is 0. The number of esters is 1. The number of alkyl carbamates (subject to hydrolysis) is 1. The SMILES string of the molecule is CCOC(=O)NC1CC[C@H]2[C@H](C=O)[C@@H]3[C@@H](C)OC(=O)[C@@H]3C[C@@H]2C1(C)C. The lowest BCUT2D eigenvalue weighted by Gasteiger charge is -2.55. The fourth-order valence-electron chi connectivity index (χ4n) is 5.67. The molecule has 6 heteroatoms. The van der Waals surface area contributed by atoms with E-state index < -0.39 is 6.09 Å². The van der Waals surface area contributed by atoms with E-state index in [4.69, 9.17) is 9.47 Å². The molecule has 0 aromatic heterocycles. The second-order valence-corrected chi connectivity index (χ2v) is 8.36. The highest BCUT2D eigenvalue weighted by Crippen LogP contribution is 2.57. The average Bonchev–Trinajstić information content (AvgIpc) is 2.83. The Hall–Kier alpha value is -1.59. The van der Waals surface area contributed by atoms with Gasteiger partial charge in [-0.05, 0) is 50.4 Å². The van der Waals surface area contributed by atoms with Crippen LogP contribution >= 0.6 is 0 Å². The number of hydrogen-bond acceptors (Lipinski definition) is 5. The molecular formula is C19H29NO5. The molecule has 0 aromatic rings. The highest BCUT2D eigenvalue weighted by Gasteiger charge is 2.59. The molecule has 0 aromatic carbocycles. The van der Waals surface area contributed by atoms with Gasteiger partial charge in [-0.25, -0.2) is 4.79 Å². The van der Waals surface area contributed by atoms with Crippen LogP contribution in [0.15, 0.2) is 0 Å². The highest BCUT2D eigenvalue weighted by atomic mass is 16.6. The van der Waals surface area contributed by atoms with Crippen LogP contribution in [0, 0.1) is 35.0 Å². The van der Waals surface area contributed by atoms with E-state index in [1.54, 1.807) is 6.92 Å². The predicted molar refractivity (Wildman–Crippen MR) is 90.6 cm³/mol. The summed E-state index contributed by atoms with van der Waals surface area (Å²) in [5, 5.41) is 2.99. The van der Waals surface area contributed by atoms with Gasteiger partial charge in [0.25, 0.3) is 0 Å². The summed E-state index contributed by atoms with van der Waals surface area (Å²) >= 11 is 0. The van der Waals surface area contributed by atoms with Gasteiger partial charge in [-0.1, -0.05) is 13.8 Å². The first-order valence-corrected chi connectivity index (χ1v) is 9.40. The molecule has 2 aliphatic carbocycles. The van der Waals surface area contributed by atoms with Crippen molar-refractivity contribution < 1.29 is 23.9 Å². The third-order valence-corrected chi connectivity index (χ3v) is 6.94. The van der Waals surface area contributed by atoms with Crippen molar-refractivity contribution in [2.45, 2.75) is 59.1 Å². The van der Waals surface area contributed by atoms with E-state index in [0.29, 0.717) is 6.61 Å². The number of carbonyl (C=O) groups is 3. The van der Waals surface area contributed by atoms with Crippen molar-refractivity contribution in [2.24, 2.45) is 35.0 Å². The maximum atomic E-state index is 12.3. The number of hydrogen-bond donors (Lipinski definition) is 1. The van der Waals surface area contributed by atoms with Crippen LogP contribution < -0.4 is 5.32 Å². The lowest BCUT2D eigenvalue weighted by Crippen LogP contribution is -2.58. The zero-order valence-corrected chi connectivity index (χ0v) is 15.5. The number of ether oxygens (including phenoxy) is 2. The van der Waals surface area contributed by atoms with Crippen LogP contribution in [-0.4, -0.2) is 37.1 Å². The third-order valence-electron chi connectivity index (χ3n) is 6.94. The molecule has 1 aliphatic heterocycles. The van der Waals surface area contributed by atoms with Crippen LogP contribution in [0.4, 0.5) is 4.79 Å². The van der Waals surface area contributed by atoms with Crippen molar-refractivity contribution in [1.82, 2.24) is 5.32 Å². The molecule has 0 bridgehead atoms. The molecule has 0 radical (unpaired) electrons. The van der Waals surface area contributed by atoms with Gasteiger partial charge in [-0.2, -0.15) is 0 Å². The van der Waals surface area contributed by atoms with Crippen molar-refractivity contribution in [1.29, 1.82) is 0 Å². The molecule has 3 aliphatic rings. The van der Waals surface area contributed by atoms with E-state index in [-0.39, 0.29) is 53.1 Å². The molecule has 140 valence electrons. The minimum absolute atomic E-state index is 0.00313. The van der Waals surface area contributed by atoms with E-state index in [2.05, 4.69) is 19.2 Å². The minimum atomic E-state index is -0.395. The molecule has 1 heterocycles. The van der Waals surface area contributed by atoms with Crippen molar-refractivity contribution in [3.05, 3.63) is 0 Å². The molecule has 0 spiro atoms. The van der Waals surface area contributed by atoms with E-state index in [1.807, 2.05) is 6.92 Å². The van der Waals surface area contributed by atoms with Gasteiger partial charge in [0.15, 0.2) is 0 Å². The Kier molecular flexibility index (Phi) is 4.82. The van der Waals surface area contributed by atoms with E-state index in [1.165, 1.54) is 0 Å². The predicted octanol–water partition coefficient (Wildman–Crippen LogP) is 2.55. The molecule has 1 saturated heterocycles. The third kappa shape index (κ3) is 2.93. The monoisotopic (exact) mass is 351 g/mol. The second kappa shape index (κ2) is 6.61. The number of rotatable bonds is 3. The van der Waals surface area contributed by atoms with Crippen molar-refractivity contribution in [3.8, 4) is 0 Å². The summed E-state index contributed by atoms with van der Waals surface area (Å²) in [6.45, 7) is 8.29. The first-order chi connectivity index (χ1) is 11.8. The van der Waals surface area contributed by atoms with Gasteiger partial charge in [0.05, 0.1) is 12.5 Å². The Labute approximate surface area is 149 Å². The minimum Gasteiger partial charge on any atom is -0.462 e. The van der Waals surface area contributed by atoms with Gasteiger partial charge in [-0.3, -0.25) is 4.79 Å². The summed E-state index contributed by atoms with van der Waals surface area (Å²) in [4.78, 5) is 36.1. The first-order valence-electron chi connectivity index (χ1n) is 9.40. The number of fused-ring (bicyclic) bond motifs is 2. The molecule has 2 saturated carbocycles. The van der Waals surface area contributed by atoms with Gasteiger partial charge in [0.2, 0.25) is 0 Å². The lowest BCUT2D eigenvalue weighted by molar-refractivity contribution is -0.145. The van der Waals surface area contributed by atoms with Gasteiger partial charge in [-0.15, -0.1) is 0 Å². The van der Waals surface area contributed by atoms with Crippen molar-refractivity contribution in [2.75, 3.05) is 6.61 Å². The number of cyclic esters (lactones) is 1. The fraction of sp³-hybridized carbons (Fsp3) is 0.842. The quantitative estimate of drug-likeness (QED) is 0.624. The van der Waals surface area contributed by atoms with E-state index in [0.717, 1.165) is 25.5 Å². The Morgan fingerprint density at radius 3 is 2.76 bits per heavy atom. The zero-order valence-electron chi connectivity index (χ0n) is 15.5. The molecule has 1 N–H and O–H groups in total. The first kappa shape index (κ1) is 18.2. The largest absolute Gasteiger partial charge is 0.462 e. The molecule has 1 unspecified atom stereocenters. The Balaban J connectivity index is 1.84. The topological polar surface area (TPSA) is 81.7 Å². The average molecular weight is 351 g/mol. The molecular weight excluding hydrogens is 322 g/mol. The summed E-state index contributed by atoms with van der Waals surface area (Å²) in [6.07, 6.45) is 2.89. The van der Waals surface area contributed by atoms with E-state index in [9.17, 15) is 14.4 Å². The van der Waals surface area contributed by atoms with Crippen molar-refractivity contribution in [3.63, 3.8) is 0 Å². The fourth-order valence-corrected chi connectivity index (χ4v) is 5.67. The van der Waals surface area contributed by atoms with Crippen LogP contribution in [0.5, 0.6) is 0 Å². The van der Waals surface area contributed by atoms with Crippen LogP contribution in [0.3, 0.4) is 0 Å². The lowest BCUT2D eigenvalue weighted by atomic mass is 9.50. The van der Waals surface area contributed by atoms with Crippen LogP contribution in [0.2, 0.25) is 0 Å². The number of amides is 1. The van der Waals surface area contributed by atoms with Gasteiger partial charge in [0, 0.05) is 17.9 Å². The maximum Gasteiger partial charge on any atom is 0.407 e. The van der Waals surface area contributed by atoms with Crippen LogP contribution in [0.1, 0.15) is 47.0 Å². The molecule has 6 nitrogen and oxygen atoms in total. The molecule has 25 heavy (non-hydrogen) atoms. The van der Waals surface area contributed by atoms with E-state index >= 15 is 0 Å². The number of carbonyl (C=O) groups excluding carboxylic acids is 3. The van der Waals surface area contributed by atoms with Gasteiger partial charge in [0.1, 0.15) is 12.4 Å². The standard InChI is InChI=1S/C19H29NO5/c1-5-24-18(23)20-15-7-6-11-13(9-21)16-10(2)25-17(22)12(16)8-14(11)19(15,3)4/h9-16H,5-8H2,1-4H3,(H,20,23)/t10-,11+,12-,13+,14+,15?,16-/m1/s1.